The molecule has 0 saturated carbocycles. The number of amides is 1. The molecule has 1 rings (SSSR count). The van der Waals surface area contributed by atoms with Crippen molar-refractivity contribution < 1.29 is 17.9 Å². The number of hydrogen-bond acceptors (Lipinski definition) is 4. The first-order chi connectivity index (χ1) is 13.5. The Hall–Kier alpha value is -1.60. The van der Waals surface area contributed by atoms with Crippen molar-refractivity contribution in [3.05, 3.63) is 24.3 Å². The molecule has 0 unspecified atom stereocenters. The van der Waals surface area contributed by atoms with Crippen LogP contribution in [0.1, 0.15) is 72.1 Å². The lowest BCUT2D eigenvalue weighted by atomic mass is 10.1. The fourth-order valence-electron chi connectivity index (χ4n) is 2.91. The van der Waals surface area contributed by atoms with Crippen LogP contribution in [-0.2, 0) is 14.8 Å². The lowest BCUT2D eigenvalue weighted by molar-refractivity contribution is 0.159. The molecule has 6 nitrogen and oxygen atoms in total. The van der Waals surface area contributed by atoms with Gasteiger partial charge in [-0.2, -0.15) is 4.31 Å². The Morgan fingerprint density at radius 3 is 2.04 bits per heavy atom. The molecule has 0 aromatic heterocycles. The largest absolute Gasteiger partial charge is 0.449 e. The van der Waals surface area contributed by atoms with Gasteiger partial charge in [0.2, 0.25) is 10.0 Å². The predicted octanol–water partition coefficient (Wildman–Crippen LogP) is 5.41. The number of anilines is 1. The van der Waals surface area contributed by atoms with Gasteiger partial charge in [-0.25, -0.2) is 13.2 Å². The van der Waals surface area contributed by atoms with Gasteiger partial charge in [-0.3, -0.25) is 5.32 Å². The van der Waals surface area contributed by atoms with E-state index in [1.165, 1.54) is 42.1 Å². The van der Waals surface area contributed by atoms with Gasteiger partial charge in [-0.1, -0.05) is 52.9 Å². The van der Waals surface area contributed by atoms with Crippen LogP contribution >= 0.6 is 0 Å². The number of sulfonamides is 1. The zero-order chi connectivity index (χ0) is 20.8. The van der Waals surface area contributed by atoms with Crippen LogP contribution < -0.4 is 5.32 Å². The zero-order valence-corrected chi connectivity index (χ0v) is 18.4. The third-order valence-corrected chi connectivity index (χ3v) is 6.33. The summed E-state index contributed by atoms with van der Waals surface area (Å²) in [7, 11) is -3.51. The van der Waals surface area contributed by atoms with Crippen molar-refractivity contribution in [3.8, 4) is 0 Å². The number of benzene rings is 1. The summed E-state index contributed by atoms with van der Waals surface area (Å²) in [6, 6.07) is 6.23. The Labute approximate surface area is 170 Å². The van der Waals surface area contributed by atoms with Gasteiger partial charge < -0.3 is 4.74 Å². The van der Waals surface area contributed by atoms with Crippen LogP contribution in [0.25, 0.3) is 0 Å². The normalized spacial score (nSPS) is 11.6. The number of carbonyl (C=O) groups excluding carboxylic acids is 1. The molecule has 1 aromatic rings. The van der Waals surface area contributed by atoms with Crippen molar-refractivity contribution in [2.75, 3.05) is 25.0 Å². The quantitative estimate of drug-likeness (QED) is 0.415. The number of ether oxygens (including phenoxy) is 1. The fourth-order valence-corrected chi connectivity index (χ4v) is 4.54. The average molecular weight is 413 g/mol. The molecule has 28 heavy (non-hydrogen) atoms. The molecular formula is C21H36N2O4S. The molecule has 160 valence electrons. The minimum Gasteiger partial charge on any atom is -0.449 e. The van der Waals surface area contributed by atoms with Gasteiger partial charge in [-0.15, -0.1) is 0 Å². The number of hydrogen-bond donors (Lipinski definition) is 1. The summed E-state index contributed by atoms with van der Waals surface area (Å²) in [5.74, 6) is 0. The number of nitrogens with one attached hydrogen (secondary N) is 1. The Morgan fingerprint density at radius 1 is 0.893 bits per heavy atom. The Balaban J connectivity index is 2.50. The van der Waals surface area contributed by atoms with Crippen molar-refractivity contribution in [2.45, 2.75) is 77.0 Å². The number of nitrogens with zero attached hydrogens (tertiary/aromatic N) is 1. The van der Waals surface area contributed by atoms with Gasteiger partial charge in [0.15, 0.2) is 0 Å². The van der Waals surface area contributed by atoms with Crippen molar-refractivity contribution in [2.24, 2.45) is 0 Å². The summed E-state index contributed by atoms with van der Waals surface area (Å²) in [4.78, 5) is 12.1. The molecule has 0 bridgehead atoms. The molecule has 1 amide bonds. The van der Waals surface area contributed by atoms with E-state index in [1.807, 2.05) is 13.8 Å². The summed E-state index contributed by atoms with van der Waals surface area (Å²) in [6.45, 7) is 7.50. The fraction of sp³-hybridized carbons (Fsp3) is 0.667. The molecule has 0 fully saturated rings. The van der Waals surface area contributed by atoms with Gasteiger partial charge in [0.1, 0.15) is 0 Å². The summed E-state index contributed by atoms with van der Waals surface area (Å²) >= 11 is 0. The maximum absolute atomic E-state index is 12.7. The number of unbranched alkanes of at least 4 members (excludes halogenated alkanes) is 5. The molecule has 0 spiro atoms. The van der Waals surface area contributed by atoms with E-state index < -0.39 is 16.1 Å². The maximum atomic E-state index is 12.7. The Bertz CT molecular complexity index is 653. The Morgan fingerprint density at radius 2 is 1.46 bits per heavy atom. The molecule has 0 aliphatic rings. The molecule has 0 saturated heterocycles. The van der Waals surface area contributed by atoms with Crippen molar-refractivity contribution in [1.29, 1.82) is 0 Å². The van der Waals surface area contributed by atoms with Gasteiger partial charge in [0.25, 0.3) is 0 Å². The lowest BCUT2D eigenvalue weighted by Crippen LogP contribution is -2.32. The summed E-state index contributed by atoms with van der Waals surface area (Å²) in [6.07, 6.45) is 7.81. The van der Waals surface area contributed by atoms with Crippen LogP contribution in [0, 0.1) is 0 Å². The third-order valence-electron chi connectivity index (χ3n) is 4.42. The van der Waals surface area contributed by atoms with E-state index in [2.05, 4.69) is 12.2 Å². The van der Waals surface area contributed by atoms with Gasteiger partial charge >= 0.3 is 6.09 Å². The molecule has 0 radical (unpaired) electrons. The maximum Gasteiger partial charge on any atom is 0.411 e. The van der Waals surface area contributed by atoms with Gasteiger partial charge in [0.05, 0.1) is 11.5 Å². The van der Waals surface area contributed by atoms with Crippen molar-refractivity contribution in [1.82, 2.24) is 4.31 Å². The average Bonchev–Trinajstić information content (AvgIpc) is 2.67. The van der Waals surface area contributed by atoms with Crippen molar-refractivity contribution >= 4 is 21.8 Å². The van der Waals surface area contributed by atoms with E-state index in [9.17, 15) is 13.2 Å². The van der Waals surface area contributed by atoms with E-state index in [0.717, 1.165) is 25.7 Å². The first kappa shape index (κ1) is 24.4. The lowest BCUT2D eigenvalue weighted by Gasteiger charge is -2.21. The first-order valence-electron chi connectivity index (χ1n) is 10.5. The second-order valence-electron chi connectivity index (χ2n) is 6.96. The monoisotopic (exact) mass is 412 g/mol. The summed E-state index contributed by atoms with van der Waals surface area (Å²) < 4.78 is 32.1. The standard InChI is InChI=1S/C21H36N2O4S/c1-4-7-8-9-10-11-18-27-21(24)22-19-12-14-20(15-13-19)28(25,26)23(16-5-2)17-6-3/h12-15H,4-11,16-18H2,1-3H3,(H,22,24). The van der Waals surface area contributed by atoms with Crippen molar-refractivity contribution in [3.63, 3.8) is 0 Å². The molecule has 0 aliphatic carbocycles. The number of rotatable bonds is 14. The Kier molecular flexibility index (Phi) is 11.8. The zero-order valence-electron chi connectivity index (χ0n) is 17.6. The topological polar surface area (TPSA) is 75.7 Å². The van der Waals surface area contributed by atoms with E-state index >= 15 is 0 Å². The third kappa shape index (κ3) is 8.61. The van der Waals surface area contributed by atoms with E-state index in [-0.39, 0.29) is 4.90 Å². The van der Waals surface area contributed by atoms with Gasteiger partial charge in [0, 0.05) is 18.8 Å². The summed E-state index contributed by atoms with van der Waals surface area (Å²) in [5, 5.41) is 2.64. The second kappa shape index (κ2) is 13.6. The highest BCUT2D eigenvalue weighted by atomic mass is 32.2. The predicted molar refractivity (Wildman–Crippen MR) is 114 cm³/mol. The van der Waals surface area contributed by atoms with E-state index in [0.29, 0.717) is 25.4 Å². The molecule has 7 heteroatoms. The van der Waals surface area contributed by atoms with Crippen LogP contribution in [0.3, 0.4) is 0 Å². The molecule has 1 aromatic carbocycles. The van der Waals surface area contributed by atoms with Crippen LogP contribution in [0.15, 0.2) is 29.2 Å². The first-order valence-corrected chi connectivity index (χ1v) is 11.9. The molecule has 0 heterocycles. The van der Waals surface area contributed by atoms with Crippen LogP contribution in [0.4, 0.5) is 10.5 Å². The van der Waals surface area contributed by atoms with E-state index in [4.69, 9.17) is 4.74 Å². The minimum absolute atomic E-state index is 0.236. The summed E-state index contributed by atoms with van der Waals surface area (Å²) in [5.41, 5.74) is 0.518. The van der Waals surface area contributed by atoms with Crippen LogP contribution in [-0.4, -0.2) is 38.5 Å². The highest BCUT2D eigenvalue weighted by Gasteiger charge is 2.22. The highest BCUT2D eigenvalue weighted by molar-refractivity contribution is 7.89. The smallest absolute Gasteiger partial charge is 0.411 e. The second-order valence-corrected chi connectivity index (χ2v) is 8.90. The molecule has 0 aliphatic heterocycles. The molecular weight excluding hydrogens is 376 g/mol. The van der Waals surface area contributed by atoms with Gasteiger partial charge in [-0.05, 0) is 43.5 Å². The minimum atomic E-state index is -3.51. The number of carbonyl (C=O) groups is 1. The van der Waals surface area contributed by atoms with Crippen LogP contribution in [0.2, 0.25) is 0 Å². The SMILES string of the molecule is CCCCCCCCOC(=O)Nc1ccc(S(=O)(=O)N(CCC)CCC)cc1. The van der Waals surface area contributed by atoms with E-state index in [1.54, 1.807) is 12.1 Å². The molecule has 0 atom stereocenters. The highest BCUT2D eigenvalue weighted by Crippen LogP contribution is 2.19. The van der Waals surface area contributed by atoms with Crippen LogP contribution in [0.5, 0.6) is 0 Å². The molecule has 1 N–H and O–H groups in total.